The van der Waals surface area contributed by atoms with Gasteiger partial charge < -0.3 is 14.7 Å². The molecule has 0 aliphatic carbocycles. The molecule has 4 aromatic rings. The number of halogens is 1. The summed E-state index contributed by atoms with van der Waals surface area (Å²) < 4.78 is 19.0. The molecular formula is C27H31FN6O2. The van der Waals surface area contributed by atoms with E-state index in [1.807, 2.05) is 31.2 Å². The van der Waals surface area contributed by atoms with Gasteiger partial charge in [0, 0.05) is 41.9 Å². The van der Waals surface area contributed by atoms with E-state index < -0.39 is 0 Å². The number of aromatic nitrogens is 5. The van der Waals surface area contributed by atoms with E-state index in [0.29, 0.717) is 31.1 Å². The molecule has 1 fully saturated rings. The number of aromatic amines is 2. The number of aromatic hydroxyl groups is 1. The van der Waals surface area contributed by atoms with Crippen LogP contribution in [0.4, 0.5) is 4.39 Å². The van der Waals surface area contributed by atoms with Gasteiger partial charge in [-0.3, -0.25) is 10.2 Å². The van der Waals surface area contributed by atoms with Crippen LogP contribution in [0.15, 0.2) is 48.3 Å². The van der Waals surface area contributed by atoms with Crippen molar-refractivity contribution in [1.82, 2.24) is 30.3 Å². The number of piperidine rings is 1. The fraction of sp³-hybridized carbons (Fsp3) is 0.370. The van der Waals surface area contributed by atoms with Gasteiger partial charge in [-0.05, 0) is 69.6 Å². The van der Waals surface area contributed by atoms with E-state index in [1.54, 1.807) is 19.1 Å². The molecule has 0 bridgehead atoms. The van der Waals surface area contributed by atoms with Gasteiger partial charge in [-0.25, -0.2) is 9.37 Å². The van der Waals surface area contributed by atoms with Crippen LogP contribution in [0.2, 0.25) is 0 Å². The fourth-order valence-corrected chi connectivity index (χ4v) is 4.79. The van der Waals surface area contributed by atoms with E-state index in [0.717, 1.165) is 59.5 Å². The van der Waals surface area contributed by atoms with E-state index in [-0.39, 0.29) is 17.5 Å². The minimum absolute atomic E-state index is 0.0615. The molecule has 0 radical (unpaired) electrons. The number of benzene rings is 2. The Morgan fingerprint density at radius 1 is 1.19 bits per heavy atom. The van der Waals surface area contributed by atoms with Crippen molar-refractivity contribution in [3.63, 3.8) is 0 Å². The Morgan fingerprint density at radius 3 is 2.86 bits per heavy atom. The molecule has 5 rings (SSSR count). The van der Waals surface area contributed by atoms with E-state index in [2.05, 4.69) is 25.3 Å². The van der Waals surface area contributed by atoms with Crippen molar-refractivity contribution in [2.45, 2.75) is 39.0 Å². The Morgan fingerprint density at radius 2 is 2.06 bits per heavy atom. The first-order valence-electron chi connectivity index (χ1n) is 12.5. The Balaban J connectivity index is 1.37. The van der Waals surface area contributed by atoms with Crippen molar-refractivity contribution in [1.29, 1.82) is 0 Å². The van der Waals surface area contributed by atoms with Crippen LogP contribution in [-0.2, 0) is 0 Å². The molecular weight excluding hydrogens is 459 g/mol. The van der Waals surface area contributed by atoms with Crippen LogP contribution in [0.25, 0.3) is 33.5 Å². The van der Waals surface area contributed by atoms with Crippen molar-refractivity contribution < 1.29 is 14.2 Å². The first kappa shape index (κ1) is 24.0. The Bertz CT molecular complexity index is 1380. The van der Waals surface area contributed by atoms with Gasteiger partial charge in [-0.15, -0.1) is 0 Å². The normalized spacial score (nSPS) is 17.1. The lowest BCUT2D eigenvalue weighted by Gasteiger charge is -2.31. The molecule has 2 aromatic heterocycles. The third-order valence-electron chi connectivity index (χ3n) is 6.73. The zero-order valence-corrected chi connectivity index (χ0v) is 20.6. The van der Waals surface area contributed by atoms with Gasteiger partial charge in [0.05, 0.1) is 18.0 Å². The van der Waals surface area contributed by atoms with Gasteiger partial charge in [0.2, 0.25) is 0 Å². The lowest BCUT2D eigenvalue weighted by atomic mass is 9.97. The maximum Gasteiger partial charge on any atom is 0.181 e. The molecule has 8 nitrogen and oxygen atoms in total. The number of H-pyrrole nitrogens is 2. The summed E-state index contributed by atoms with van der Waals surface area (Å²) in [5.41, 5.74) is 3.28. The summed E-state index contributed by atoms with van der Waals surface area (Å²) in [5.74, 6) is 2.21. The quantitative estimate of drug-likeness (QED) is 0.299. The van der Waals surface area contributed by atoms with Gasteiger partial charge in [0.15, 0.2) is 17.3 Å². The molecule has 1 atom stereocenters. The van der Waals surface area contributed by atoms with Crippen molar-refractivity contribution in [2.75, 3.05) is 26.2 Å². The summed E-state index contributed by atoms with van der Waals surface area (Å²) in [6, 6.07) is 11.2. The molecule has 1 saturated heterocycles. The van der Waals surface area contributed by atoms with Crippen LogP contribution in [0, 0.1) is 0 Å². The van der Waals surface area contributed by atoms with E-state index in [4.69, 9.17) is 9.72 Å². The molecule has 188 valence electrons. The maximum absolute atomic E-state index is 13.6. The van der Waals surface area contributed by atoms with E-state index >= 15 is 0 Å². The second-order valence-electron chi connectivity index (χ2n) is 9.12. The number of fused-ring (bicyclic) bond motifs is 1. The maximum atomic E-state index is 13.6. The van der Waals surface area contributed by atoms with Crippen molar-refractivity contribution >= 4 is 10.9 Å². The van der Waals surface area contributed by atoms with Crippen molar-refractivity contribution in [2.24, 2.45) is 0 Å². The highest BCUT2D eigenvalue weighted by Crippen LogP contribution is 2.35. The first-order chi connectivity index (χ1) is 17.6. The topological polar surface area (TPSA) is 103 Å². The summed E-state index contributed by atoms with van der Waals surface area (Å²) in [7, 11) is 0. The summed E-state index contributed by atoms with van der Waals surface area (Å²) in [5, 5.41) is 26.4. The van der Waals surface area contributed by atoms with Crippen molar-refractivity contribution in [3.05, 3.63) is 54.1 Å². The monoisotopic (exact) mass is 490 g/mol. The second-order valence-corrected chi connectivity index (χ2v) is 9.12. The number of likely N-dealkylation sites (tertiary alicyclic amines) is 1. The van der Waals surface area contributed by atoms with Crippen LogP contribution in [0.3, 0.4) is 0 Å². The predicted octanol–water partition coefficient (Wildman–Crippen LogP) is 5.56. The fourth-order valence-electron chi connectivity index (χ4n) is 4.79. The van der Waals surface area contributed by atoms with E-state index in [1.165, 1.54) is 6.08 Å². The molecule has 0 saturated carbocycles. The zero-order chi connectivity index (χ0) is 25.1. The molecule has 9 heteroatoms. The number of phenolic OH excluding ortho intramolecular Hbond substituents is 1. The van der Waals surface area contributed by atoms with Crippen LogP contribution in [0.1, 0.15) is 44.9 Å². The number of hydrogen-bond acceptors (Lipinski definition) is 6. The summed E-state index contributed by atoms with van der Waals surface area (Å²) in [6.07, 6.45) is 4.07. The lowest BCUT2D eigenvalue weighted by molar-refractivity contribution is 0.203. The van der Waals surface area contributed by atoms with Crippen LogP contribution >= 0.6 is 0 Å². The van der Waals surface area contributed by atoms with Gasteiger partial charge in [0.25, 0.3) is 0 Å². The highest BCUT2D eigenvalue weighted by Gasteiger charge is 2.24. The molecule has 0 spiro atoms. The number of nitrogens with one attached hydrogen (secondary N) is 2. The van der Waals surface area contributed by atoms with Crippen LogP contribution < -0.4 is 4.74 Å². The number of hydrogen-bond donors (Lipinski definition) is 3. The molecule has 0 unspecified atom stereocenters. The Hall–Kier alpha value is -3.72. The minimum Gasteiger partial charge on any atom is -0.504 e. The average Bonchev–Trinajstić information content (AvgIpc) is 3.56. The molecule has 36 heavy (non-hydrogen) atoms. The number of phenols is 1. The largest absolute Gasteiger partial charge is 0.504 e. The Labute approximate surface area is 209 Å². The van der Waals surface area contributed by atoms with Gasteiger partial charge in [0.1, 0.15) is 11.5 Å². The predicted molar refractivity (Wildman–Crippen MR) is 138 cm³/mol. The molecule has 2 aromatic carbocycles. The molecule has 1 aliphatic heterocycles. The molecule has 3 N–H and O–H groups in total. The number of rotatable bonds is 8. The highest BCUT2D eigenvalue weighted by molar-refractivity contribution is 5.95. The summed E-state index contributed by atoms with van der Waals surface area (Å²) in [6.45, 7) is 6.63. The standard InChI is InChI=1S/C27H31FN6O2/c1-3-20(28)11-13-34-12-5-6-19(16-34)27-29-26(32-33-27)18-7-9-22-21(14-18)25(31-30-22)17-8-10-24(36-4-2)23(35)15-17/h3,7-10,14-15,19,35H,4-6,11-13,16H2,1-2H3,(H,30,31)(H,29,32,33)/b20-3+/t19-/m1/s1. The Kier molecular flexibility index (Phi) is 6.99. The van der Waals surface area contributed by atoms with Crippen LogP contribution in [-0.4, -0.2) is 61.6 Å². The third kappa shape index (κ3) is 4.97. The molecule has 0 amide bonds. The van der Waals surface area contributed by atoms with Crippen LogP contribution in [0.5, 0.6) is 11.5 Å². The number of allylic oxidation sites excluding steroid dienone is 1. The lowest BCUT2D eigenvalue weighted by Crippen LogP contribution is -2.35. The van der Waals surface area contributed by atoms with Gasteiger partial charge >= 0.3 is 0 Å². The average molecular weight is 491 g/mol. The molecule has 3 heterocycles. The zero-order valence-electron chi connectivity index (χ0n) is 20.6. The smallest absolute Gasteiger partial charge is 0.181 e. The summed E-state index contributed by atoms with van der Waals surface area (Å²) in [4.78, 5) is 7.12. The van der Waals surface area contributed by atoms with Gasteiger partial charge in [-0.2, -0.15) is 10.2 Å². The SMILES string of the molecule is C/C=C(/F)CCN1CCC[C@@H](c2nc(-c3ccc4[nH]nc(-c5ccc(OCC)c(O)c5)c4c3)n[nH]2)C1. The highest BCUT2D eigenvalue weighted by atomic mass is 19.1. The van der Waals surface area contributed by atoms with E-state index in [9.17, 15) is 9.50 Å². The first-order valence-corrected chi connectivity index (χ1v) is 12.5. The molecule has 1 aliphatic rings. The second kappa shape index (κ2) is 10.5. The number of ether oxygens (including phenoxy) is 1. The number of nitrogens with zero attached hydrogens (tertiary/aromatic N) is 4. The minimum atomic E-state index is -0.0615. The van der Waals surface area contributed by atoms with Crippen molar-refractivity contribution in [3.8, 4) is 34.1 Å². The van der Waals surface area contributed by atoms with Gasteiger partial charge in [-0.1, -0.05) is 6.08 Å². The third-order valence-corrected chi connectivity index (χ3v) is 6.73. The summed E-state index contributed by atoms with van der Waals surface area (Å²) >= 11 is 0.